The van der Waals surface area contributed by atoms with Crippen LogP contribution in [-0.4, -0.2) is 18.2 Å². The van der Waals surface area contributed by atoms with Gasteiger partial charge in [0.25, 0.3) is 0 Å². The van der Waals surface area contributed by atoms with Gasteiger partial charge in [-0.15, -0.1) is 0 Å². The van der Waals surface area contributed by atoms with Crippen LogP contribution < -0.4 is 10.6 Å². The number of fused-ring (bicyclic) bond motifs is 1. The first-order chi connectivity index (χ1) is 8.85. The van der Waals surface area contributed by atoms with E-state index < -0.39 is 11.7 Å². The molecular weight excluding hydrogens is 247 g/mol. The van der Waals surface area contributed by atoms with E-state index in [1.165, 1.54) is 12.1 Å². The minimum Gasteiger partial charge on any atom is -0.444 e. The highest BCUT2D eigenvalue weighted by Gasteiger charge is 2.24. The summed E-state index contributed by atoms with van der Waals surface area (Å²) in [6, 6.07) is 4.39. The van der Waals surface area contributed by atoms with Crippen molar-refractivity contribution in [2.45, 2.75) is 38.8 Å². The van der Waals surface area contributed by atoms with Gasteiger partial charge in [0.15, 0.2) is 0 Å². The molecule has 1 atom stereocenters. The largest absolute Gasteiger partial charge is 0.444 e. The van der Waals surface area contributed by atoms with E-state index in [-0.39, 0.29) is 11.9 Å². The van der Waals surface area contributed by atoms with Crippen molar-refractivity contribution in [2.24, 2.45) is 0 Å². The van der Waals surface area contributed by atoms with E-state index in [1.807, 2.05) is 20.8 Å². The molecule has 2 rings (SSSR count). The Kier molecular flexibility index (Phi) is 3.64. The zero-order valence-electron chi connectivity index (χ0n) is 11.4. The lowest BCUT2D eigenvalue weighted by atomic mass is 9.98. The predicted molar refractivity (Wildman–Crippen MR) is 71.6 cm³/mol. The molecule has 1 unspecified atom stereocenters. The molecule has 1 aromatic rings. The lowest BCUT2D eigenvalue weighted by Crippen LogP contribution is -2.37. The summed E-state index contributed by atoms with van der Waals surface area (Å²) in [6.07, 6.45) is 0.299. The molecular formula is C14H19FN2O2. The van der Waals surface area contributed by atoms with E-state index in [1.54, 1.807) is 6.07 Å². The molecule has 0 aromatic heterocycles. The topological polar surface area (TPSA) is 50.4 Å². The fraction of sp³-hybridized carbons (Fsp3) is 0.500. The van der Waals surface area contributed by atoms with Gasteiger partial charge >= 0.3 is 6.09 Å². The van der Waals surface area contributed by atoms with Gasteiger partial charge in [-0.05, 0) is 44.9 Å². The number of benzene rings is 1. The Hall–Kier alpha value is -1.78. The highest BCUT2D eigenvalue weighted by atomic mass is 19.1. The van der Waals surface area contributed by atoms with Crippen LogP contribution in [0.5, 0.6) is 0 Å². The van der Waals surface area contributed by atoms with Crippen LogP contribution in [0, 0.1) is 5.82 Å². The van der Waals surface area contributed by atoms with Crippen molar-refractivity contribution >= 4 is 11.8 Å². The zero-order valence-corrected chi connectivity index (χ0v) is 11.4. The molecule has 0 radical (unpaired) electrons. The summed E-state index contributed by atoms with van der Waals surface area (Å²) >= 11 is 0. The first-order valence-corrected chi connectivity index (χ1v) is 6.38. The molecule has 2 N–H and O–H groups in total. The molecule has 0 saturated carbocycles. The molecule has 0 saturated heterocycles. The zero-order chi connectivity index (χ0) is 14.0. The number of hydrogen-bond acceptors (Lipinski definition) is 3. The summed E-state index contributed by atoms with van der Waals surface area (Å²) in [4.78, 5) is 11.8. The molecule has 0 bridgehead atoms. The number of alkyl carbamates (subject to hydrolysis) is 1. The third-order valence-corrected chi connectivity index (χ3v) is 2.83. The summed E-state index contributed by atoms with van der Waals surface area (Å²) in [5.41, 5.74) is 1.09. The van der Waals surface area contributed by atoms with E-state index in [2.05, 4.69) is 10.6 Å². The maximum absolute atomic E-state index is 13.2. The minimum atomic E-state index is -0.525. The number of rotatable bonds is 1. The van der Waals surface area contributed by atoms with Crippen LogP contribution >= 0.6 is 0 Å². The van der Waals surface area contributed by atoms with E-state index in [0.717, 1.165) is 17.7 Å². The first-order valence-electron chi connectivity index (χ1n) is 6.38. The molecule has 104 valence electrons. The second kappa shape index (κ2) is 5.07. The van der Waals surface area contributed by atoms with E-state index in [9.17, 15) is 9.18 Å². The molecule has 0 fully saturated rings. The van der Waals surface area contributed by atoms with Gasteiger partial charge in [-0.2, -0.15) is 0 Å². The number of anilines is 1. The van der Waals surface area contributed by atoms with Crippen LogP contribution in [0.1, 0.15) is 38.8 Å². The third-order valence-electron chi connectivity index (χ3n) is 2.83. The van der Waals surface area contributed by atoms with Gasteiger partial charge in [-0.1, -0.05) is 6.07 Å². The van der Waals surface area contributed by atoms with E-state index >= 15 is 0 Å². The number of carbonyl (C=O) groups excluding carboxylic acids is 1. The van der Waals surface area contributed by atoms with E-state index in [0.29, 0.717) is 6.54 Å². The Labute approximate surface area is 112 Å². The van der Waals surface area contributed by atoms with Crippen LogP contribution in [0.2, 0.25) is 0 Å². The number of ether oxygens (including phenoxy) is 1. The molecule has 0 spiro atoms. The van der Waals surface area contributed by atoms with Crippen molar-refractivity contribution < 1.29 is 13.9 Å². The second-order valence-corrected chi connectivity index (χ2v) is 5.65. The van der Waals surface area contributed by atoms with Crippen molar-refractivity contribution in [3.63, 3.8) is 0 Å². The summed E-state index contributed by atoms with van der Waals surface area (Å²) in [5.74, 6) is -0.288. The van der Waals surface area contributed by atoms with E-state index in [4.69, 9.17) is 4.74 Å². The third kappa shape index (κ3) is 3.59. The summed E-state index contributed by atoms with van der Waals surface area (Å²) in [5, 5.41) is 5.95. The molecule has 1 amide bonds. The van der Waals surface area contributed by atoms with Crippen molar-refractivity contribution in [3.8, 4) is 0 Å². The Balaban J connectivity index is 2.09. The summed E-state index contributed by atoms with van der Waals surface area (Å²) < 4.78 is 18.4. The number of nitrogens with one attached hydrogen (secondary N) is 2. The van der Waals surface area contributed by atoms with Crippen LogP contribution in [0.3, 0.4) is 0 Å². The Morgan fingerprint density at radius 1 is 1.47 bits per heavy atom. The average molecular weight is 266 g/mol. The molecule has 1 aliphatic heterocycles. The van der Waals surface area contributed by atoms with Gasteiger partial charge in [0.05, 0.1) is 6.04 Å². The molecule has 1 aliphatic rings. The Bertz CT molecular complexity index is 483. The van der Waals surface area contributed by atoms with Gasteiger partial charge in [-0.3, -0.25) is 0 Å². The molecule has 0 aliphatic carbocycles. The molecule has 19 heavy (non-hydrogen) atoms. The van der Waals surface area contributed by atoms with Crippen molar-refractivity contribution in [1.82, 2.24) is 5.32 Å². The minimum absolute atomic E-state index is 0.147. The highest BCUT2D eigenvalue weighted by Crippen LogP contribution is 2.30. The molecule has 1 heterocycles. The first kappa shape index (κ1) is 13.6. The van der Waals surface area contributed by atoms with Crippen LogP contribution in [-0.2, 0) is 4.74 Å². The fourth-order valence-corrected chi connectivity index (χ4v) is 2.09. The number of carbonyl (C=O) groups is 1. The highest BCUT2D eigenvalue weighted by molar-refractivity contribution is 5.69. The van der Waals surface area contributed by atoms with Gasteiger partial charge in [0, 0.05) is 12.2 Å². The van der Waals surface area contributed by atoms with Crippen molar-refractivity contribution in [3.05, 3.63) is 29.6 Å². The number of amides is 1. The van der Waals surface area contributed by atoms with Crippen molar-refractivity contribution in [2.75, 3.05) is 11.9 Å². The maximum atomic E-state index is 13.2. The fourth-order valence-electron chi connectivity index (χ4n) is 2.09. The van der Waals surface area contributed by atoms with Gasteiger partial charge in [0.1, 0.15) is 11.4 Å². The lowest BCUT2D eigenvalue weighted by molar-refractivity contribution is 0.0501. The standard InChI is InChI=1S/C14H19FN2O2/c1-14(2,3)19-13(18)17-11-6-7-16-12-8-9(15)4-5-10(11)12/h4-5,8,11,16H,6-7H2,1-3H3,(H,17,18). The molecule has 1 aromatic carbocycles. The van der Waals surface area contributed by atoms with Crippen LogP contribution in [0.4, 0.5) is 14.9 Å². The Morgan fingerprint density at radius 3 is 2.89 bits per heavy atom. The predicted octanol–water partition coefficient (Wildman–Crippen LogP) is 3.21. The number of halogens is 1. The SMILES string of the molecule is CC(C)(C)OC(=O)NC1CCNc2cc(F)ccc21. The maximum Gasteiger partial charge on any atom is 0.408 e. The number of hydrogen-bond donors (Lipinski definition) is 2. The van der Waals surface area contributed by atoms with Crippen LogP contribution in [0.15, 0.2) is 18.2 Å². The van der Waals surface area contributed by atoms with Crippen LogP contribution in [0.25, 0.3) is 0 Å². The normalized spacial score (nSPS) is 18.2. The molecule has 4 nitrogen and oxygen atoms in total. The monoisotopic (exact) mass is 266 g/mol. The van der Waals surface area contributed by atoms with Gasteiger partial charge < -0.3 is 15.4 Å². The molecule has 5 heteroatoms. The lowest BCUT2D eigenvalue weighted by Gasteiger charge is -2.28. The van der Waals surface area contributed by atoms with Gasteiger partial charge in [0.2, 0.25) is 0 Å². The van der Waals surface area contributed by atoms with Crippen molar-refractivity contribution in [1.29, 1.82) is 0 Å². The Morgan fingerprint density at radius 2 is 2.21 bits per heavy atom. The second-order valence-electron chi connectivity index (χ2n) is 5.65. The summed E-state index contributed by atoms with van der Waals surface area (Å²) in [7, 11) is 0. The van der Waals surface area contributed by atoms with Gasteiger partial charge in [-0.25, -0.2) is 9.18 Å². The quantitative estimate of drug-likeness (QED) is 0.820. The summed E-state index contributed by atoms with van der Waals surface area (Å²) in [6.45, 7) is 6.14. The average Bonchev–Trinajstić information content (AvgIpc) is 2.26. The smallest absolute Gasteiger partial charge is 0.408 e.